The van der Waals surface area contributed by atoms with Crippen LogP contribution in [0.5, 0.6) is 0 Å². The highest BCUT2D eigenvalue weighted by atomic mass is 19.1. The lowest BCUT2D eigenvalue weighted by Crippen LogP contribution is -2.26. The molecule has 0 aliphatic carbocycles. The lowest BCUT2D eigenvalue weighted by molar-refractivity contribution is 0.203. The number of hydrogen-bond donors (Lipinski definition) is 1. The molecule has 3 heteroatoms. The first-order valence-corrected chi connectivity index (χ1v) is 4.88. The van der Waals surface area contributed by atoms with Gasteiger partial charge in [0.05, 0.1) is 5.52 Å². The number of hydrogen-bond acceptors (Lipinski definition) is 2. The van der Waals surface area contributed by atoms with Gasteiger partial charge in [0.1, 0.15) is 5.67 Å². The zero-order valence-corrected chi connectivity index (χ0v) is 8.57. The van der Waals surface area contributed by atoms with Crippen LogP contribution in [0.2, 0.25) is 0 Å². The standard InChI is InChI=1S/C12H13FN2/c1-12(13,8-14)10-6-9-4-2-3-5-11(9)15-7-10/h2-7H,8,14H2,1H3. The van der Waals surface area contributed by atoms with E-state index in [2.05, 4.69) is 4.98 Å². The van der Waals surface area contributed by atoms with E-state index in [1.165, 1.54) is 6.92 Å². The maximum atomic E-state index is 13.9. The van der Waals surface area contributed by atoms with Crippen molar-refractivity contribution in [2.24, 2.45) is 5.73 Å². The van der Waals surface area contributed by atoms with Crippen molar-refractivity contribution in [2.75, 3.05) is 6.54 Å². The van der Waals surface area contributed by atoms with E-state index in [-0.39, 0.29) is 6.54 Å². The molecule has 1 unspecified atom stereocenters. The van der Waals surface area contributed by atoms with Crippen LogP contribution in [0.4, 0.5) is 4.39 Å². The van der Waals surface area contributed by atoms with Gasteiger partial charge in [-0.1, -0.05) is 18.2 Å². The van der Waals surface area contributed by atoms with E-state index in [1.807, 2.05) is 24.3 Å². The number of para-hydroxylation sites is 1. The molecule has 78 valence electrons. The molecule has 1 aromatic heterocycles. The summed E-state index contributed by atoms with van der Waals surface area (Å²) in [5.41, 5.74) is 5.28. The van der Waals surface area contributed by atoms with Gasteiger partial charge in [-0.05, 0) is 19.1 Å². The third kappa shape index (κ3) is 1.83. The van der Waals surface area contributed by atoms with E-state index >= 15 is 0 Å². The van der Waals surface area contributed by atoms with E-state index in [4.69, 9.17) is 5.73 Å². The molecule has 0 aliphatic rings. The number of alkyl halides is 1. The van der Waals surface area contributed by atoms with E-state index in [1.54, 1.807) is 12.3 Å². The van der Waals surface area contributed by atoms with Crippen molar-refractivity contribution in [3.63, 3.8) is 0 Å². The van der Waals surface area contributed by atoms with Crippen LogP contribution in [0, 0.1) is 0 Å². The molecular formula is C12H13FN2. The lowest BCUT2D eigenvalue weighted by Gasteiger charge is -2.18. The summed E-state index contributed by atoms with van der Waals surface area (Å²) in [6.07, 6.45) is 1.55. The number of rotatable bonds is 2. The Balaban J connectivity index is 2.56. The molecule has 2 nitrogen and oxygen atoms in total. The first-order chi connectivity index (χ1) is 7.13. The summed E-state index contributed by atoms with van der Waals surface area (Å²) in [6.45, 7) is 1.44. The molecule has 1 heterocycles. The van der Waals surface area contributed by atoms with Gasteiger partial charge in [-0.15, -0.1) is 0 Å². The van der Waals surface area contributed by atoms with Gasteiger partial charge in [-0.3, -0.25) is 4.98 Å². The predicted octanol–water partition coefficient (Wildman–Crippen LogP) is 2.38. The Morgan fingerprint density at radius 3 is 2.87 bits per heavy atom. The fourth-order valence-corrected chi connectivity index (χ4v) is 1.47. The van der Waals surface area contributed by atoms with E-state index in [0.717, 1.165) is 10.9 Å². The monoisotopic (exact) mass is 204 g/mol. The lowest BCUT2D eigenvalue weighted by atomic mass is 9.98. The molecule has 2 aromatic rings. The Labute approximate surface area is 87.9 Å². The molecule has 2 rings (SSSR count). The topological polar surface area (TPSA) is 38.9 Å². The van der Waals surface area contributed by atoms with Gasteiger partial charge in [0.25, 0.3) is 0 Å². The SMILES string of the molecule is CC(F)(CN)c1cnc2ccccc2c1. The summed E-state index contributed by atoms with van der Waals surface area (Å²) < 4.78 is 13.9. The second kappa shape index (κ2) is 3.59. The third-order valence-electron chi connectivity index (χ3n) is 2.58. The molecule has 2 N–H and O–H groups in total. The largest absolute Gasteiger partial charge is 0.327 e. The van der Waals surface area contributed by atoms with Gasteiger partial charge in [-0.2, -0.15) is 0 Å². The number of nitrogens with two attached hydrogens (primary N) is 1. The van der Waals surface area contributed by atoms with Crippen LogP contribution in [0.3, 0.4) is 0 Å². The third-order valence-corrected chi connectivity index (χ3v) is 2.58. The number of nitrogens with zero attached hydrogens (tertiary/aromatic N) is 1. The summed E-state index contributed by atoms with van der Waals surface area (Å²) in [6, 6.07) is 9.43. The van der Waals surface area contributed by atoms with Crippen molar-refractivity contribution in [1.82, 2.24) is 4.98 Å². The summed E-state index contributed by atoms with van der Waals surface area (Å²) in [5.74, 6) is 0. The molecule has 0 radical (unpaired) electrons. The van der Waals surface area contributed by atoms with Crippen molar-refractivity contribution < 1.29 is 4.39 Å². The summed E-state index contributed by atoms with van der Waals surface area (Å²) in [7, 11) is 0. The molecule has 0 amide bonds. The van der Waals surface area contributed by atoms with Crippen LogP contribution >= 0.6 is 0 Å². The smallest absolute Gasteiger partial charge is 0.146 e. The number of aromatic nitrogens is 1. The van der Waals surface area contributed by atoms with E-state index in [9.17, 15) is 4.39 Å². The highest BCUT2D eigenvalue weighted by molar-refractivity contribution is 5.78. The molecule has 0 fully saturated rings. The molecule has 1 atom stereocenters. The van der Waals surface area contributed by atoms with Gasteiger partial charge >= 0.3 is 0 Å². The molecule has 0 aliphatic heterocycles. The molecule has 1 aromatic carbocycles. The van der Waals surface area contributed by atoms with Gasteiger partial charge in [-0.25, -0.2) is 4.39 Å². The summed E-state index contributed by atoms with van der Waals surface area (Å²) >= 11 is 0. The normalized spacial score (nSPS) is 15.1. The predicted molar refractivity (Wildman–Crippen MR) is 59.3 cm³/mol. The van der Waals surface area contributed by atoms with E-state index < -0.39 is 5.67 Å². The van der Waals surface area contributed by atoms with Crippen LogP contribution in [0.1, 0.15) is 12.5 Å². The van der Waals surface area contributed by atoms with Crippen molar-refractivity contribution in [3.8, 4) is 0 Å². The maximum Gasteiger partial charge on any atom is 0.146 e. The van der Waals surface area contributed by atoms with Crippen molar-refractivity contribution in [2.45, 2.75) is 12.6 Å². The van der Waals surface area contributed by atoms with Crippen molar-refractivity contribution >= 4 is 10.9 Å². The average Bonchev–Trinajstić information content (AvgIpc) is 2.28. The Morgan fingerprint density at radius 1 is 1.40 bits per heavy atom. The first kappa shape index (κ1) is 10.1. The van der Waals surface area contributed by atoms with Gasteiger partial charge < -0.3 is 5.73 Å². The Kier molecular flexibility index (Phi) is 2.40. The van der Waals surface area contributed by atoms with Crippen LogP contribution < -0.4 is 5.73 Å². The van der Waals surface area contributed by atoms with E-state index in [0.29, 0.717) is 5.56 Å². The highest BCUT2D eigenvalue weighted by Crippen LogP contribution is 2.25. The van der Waals surface area contributed by atoms with Crippen LogP contribution in [0.25, 0.3) is 10.9 Å². The van der Waals surface area contributed by atoms with Gasteiger partial charge in [0.2, 0.25) is 0 Å². The summed E-state index contributed by atoms with van der Waals surface area (Å²) in [5, 5.41) is 0.937. The Hall–Kier alpha value is -1.48. The zero-order chi connectivity index (χ0) is 10.9. The second-order valence-corrected chi connectivity index (χ2v) is 3.82. The molecule has 0 saturated heterocycles. The van der Waals surface area contributed by atoms with Crippen LogP contribution in [-0.2, 0) is 5.67 Å². The minimum atomic E-state index is -1.50. The molecule has 0 bridgehead atoms. The molecule has 0 saturated carbocycles. The highest BCUT2D eigenvalue weighted by Gasteiger charge is 2.24. The molecular weight excluding hydrogens is 191 g/mol. The van der Waals surface area contributed by atoms with Gasteiger partial charge in [0.15, 0.2) is 0 Å². The first-order valence-electron chi connectivity index (χ1n) is 4.88. The number of pyridine rings is 1. The zero-order valence-electron chi connectivity index (χ0n) is 8.57. The van der Waals surface area contributed by atoms with Gasteiger partial charge in [0, 0.05) is 23.7 Å². The maximum absolute atomic E-state index is 13.9. The van der Waals surface area contributed by atoms with Crippen molar-refractivity contribution in [1.29, 1.82) is 0 Å². The summed E-state index contributed by atoms with van der Waals surface area (Å²) in [4.78, 5) is 4.20. The second-order valence-electron chi connectivity index (χ2n) is 3.82. The fraction of sp³-hybridized carbons (Fsp3) is 0.250. The quantitative estimate of drug-likeness (QED) is 0.815. The van der Waals surface area contributed by atoms with Crippen LogP contribution in [-0.4, -0.2) is 11.5 Å². The number of fused-ring (bicyclic) bond motifs is 1. The molecule has 15 heavy (non-hydrogen) atoms. The Morgan fingerprint density at radius 2 is 2.13 bits per heavy atom. The van der Waals surface area contributed by atoms with Crippen LogP contribution in [0.15, 0.2) is 36.5 Å². The number of halogens is 1. The van der Waals surface area contributed by atoms with Crippen molar-refractivity contribution in [3.05, 3.63) is 42.1 Å². The minimum absolute atomic E-state index is 0.0347. The average molecular weight is 204 g/mol. The Bertz CT molecular complexity index is 480. The number of benzene rings is 1. The fourth-order valence-electron chi connectivity index (χ4n) is 1.47. The molecule has 0 spiro atoms. The minimum Gasteiger partial charge on any atom is -0.327 e.